The Labute approximate surface area is 154 Å². The minimum absolute atomic E-state index is 0.0463. The quantitative estimate of drug-likeness (QED) is 0.903. The molecule has 0 aromatic heterocycles. The number of carbonyl (C=O) groups is 2. The van der Waals surface area contributed by atoms with Gasteiger partial charge in [0.2, 0.25) is 5.91 Å². The highest BCUT2D eigenvalue weighted by atomic mass is 16.5. The number of carboxylic acid groups (broad SMARTS) is 1. The molecular weight excluding hydrogens is 330 g/mol. The number of hydrogen-bond donors (Lipinski definition) is 1. The first-order chi connectivity index (χ1) is 12.5. The predicted octanol–water partition coefficient (Wildman–Crippen LogP) is 2.76. The first-order valence-corrected chi connectivity index (χ1v) is 9.64. The summed E-state index contributed by atoms with van der Waals surface area (Å²) >= 11 is 0. The highest BCUT2D eigenvalue weighted by Gasteiger charge is 2.59. The molecule has 2 saturated heterocycles. The van der Waals surface area contributed by atoms with E-state index in [0.29, 0.717) is 39.1 Å². The van der Waals surface area contributed by atoms with Crippen LogP contribution in [0.1, 0.15) is 43.2 Å². The average Bonchev–Trinajstić information content (AvgIpc) is 3.37. The van der Waals surface area contributed by atoms with Crippen molar-refractivity contribution in [3.63, 3.8) is 0 Å². The van der Waals surface area contributed by atoms with Crippen molar-refractivity contribution in [2.24, 2.45) is 11.3 Å². The summed E-state index contributed by atoms with van der Waals surface area (Å²) in [5.74, 6) is -0.675. The number of amides is 1. The average molecular weight is 357 g/mol. The van der Waals surface area contributed by atoms with E-state index in [4.69, 9.17) is 4.74 Å². The van der Waals surface area contributed by atoms with Crippen molar-refractivity contribution >= 4 is 11.9 Å². The van der Waals surface area contributed by atoms with Gasteiger partial charge in [0.1, 0.15) is 0 Å². The van der Waals surface area contributed by atoms with Gasteiger partial charge in [-0.1, -0.05) is 29.8 Å². The van der Waals surface area contributed by atoms with Crippen molar-refractivity contribution in [1.82, 2.24) is 4.90 Å². The molecule has 3 fully saturated rings. The lowest BCUT2D eigenvalue weighted by Crippen LogP contribution is -2.52. The van der Waals surface area contributed by atoms with Crippen molar-refractivity contribution in [3.05, 3.63) is 35.4 Å². The molecule has 0 radical (unpaired) electrons. The molecule has 3 aliphatic rings. The van der Waals surface area contributed by atoms with Gasteiger partial charge in [-0.2, -0.15) is 0 Å². The van der Waals surface area contributed by atoms with Gasteiger partial charge in [0, 0.05) is 26.3 Å². The maximum Gasteiger partial charge on any atom is 0.307 e. The molecule has 5 nitrogen and oxygen atoms in total. The number of likely N-dealkylation sites (tertiary alicyclic amines) is 1. The number of piperidine rings is 1. The van der Waals surface area contributed by atoms with Crippen molar-refractivity contribution in [1.29, 1.82) is 0 Å². The molecule has 1 atom stereocenters. The van der Waals surface area contributed by atoms with E-state index in [1.807, 2.05) is 4.90 Å². The summed E-state index contributed by atoms with van der Waals surface area (Å²) in [6.07, 6.45) is 3.84. The van der Waals surface area contributed by atoms with E-state index in [1.165, 1.54) is 5.56 Å². The van der Waals surface area contributed by atoms with Gasteiger partial charge in [-0.15, -0.1) is 0 Å². The summed E-state index contributed by atoms with van der Waals surface area (Å²) in [6.45, 7) is 4.63. The Kier molecular flexibility index (Phi) is 4.30. The molecule has 0 bridgehead atoms. The van der Waals surface area contributed by atoms with Gasteiger partial charge in [0.05, 0.1) is 11.3 Å². The van der Waals surface area contributed by atoms with Crippen LogP contribution in [0.4, 0.5) is 0 Å². The molecule has 140 valence electrons. The highest BCUT2D eigenvalue weighted by molar-refractivity contribution is 5.88. The number of carboxylic acids is 1. The first kappa shape index (κ1) is 17.5. The maximum atomic E-state index is 13.6. The summed E-state index contributed by atoms with van der Waals surface area (Å²) in [4.78, 5) is 26.8. The second-order valence-corrected chi connectivity index (χ2v) is 8.31. The molecule has 1 spiro atoms. The predicted molar refractivity (Wildman–Crippen MR) is 96.9 cm³/mol. The van der Waals surface area contributed by atoms with Gasteiger partial charge >= 0.3 is 5.97 Å². The molecule has 1 N–H and O–H groups in total. The Morgan fingerprint density at radius 3 is 2.23 bits per heavy atom. The summed E-state index contributed by atoms with van der Waals surface area (Å²) in [5.41, 5.74) is 1.74. The summed E-state index contributed by atoms with van der Waals surface area (Å²) < 4.78 is 5.55. The third kappa shape index (κ3) is 2.82. The zero-order chi connectivity index (χ0) is 18.4. The van der Waals surface area contributed by atoms with Gasteiger partial charge in [0.25, 0.3) is 0 Å². The van der Waals surface area contributed by atoms with E-state index in [-0.39, 0.29) is 17.2 Å². The molecular formula is C21H27NO4. The van der Waals surface area contributed by atoms with Crippen LogP contribution in [0.3, 0.4) is 0 Å². The topological polar surface area (TPSA) is 66.8 Å². The number of aryl methyl sites for hydroxylation is 1. The van der Waals surface area contributed by atoms with Gasteiger partial charge < -0.3 is 14.7 Å². The second kappa shape index (κ2) is 6.38. The van der Waals surface area contributed by atoms with Crippen molar-refractivity contribution in [2.75, 3.05) is 26.3 Å². The SMILES string of the molecule is Cc1ccc(C2(C(=O)N3CCC4(CC3)CC4C(=O)O)CCOCC2)cc1. The molecule has 1 saturated carbocycles. The van der Waals surface area contributed by atoms with E-state index >= 15 is 0 Å². The third-order valence-corrected chi connectivity index (χ3v) is 6.89. The standard InChI is InChI=1S/C21H27NO4/c1-15-2-4-16(5-3-15)21(8-12-26-13-9-21)19(25)22-10-6-20(7-11-22)14-17(20)18(23)24/h2-5,17H,6-14H2,1H3,(H,23,24). The Balaban J connectivity index is 1.53. The Morgan fingerprint density at radius 1 is 1.08 bits per heavy atom. The second-order valence-electron chi connectivity index (χ2n) is 8.31. The van der Waals surface area contributed by atoms with E-state index < -0.39 is 11.4 Å². The number of nitrogens with zero attached hydrogens (tertiary/aromatic N) is 1. The number of rotatable bonds is 3. The fourth-order valence-electron chi connectivity index (χ4n) is 4.93. The maximum absolute atomic E-state index is 13.6. The minimum Gasteiger partial charge on any atom is -0.481 e. The van der Waals surface area contributed by atoms with Crippen molar-refractivity contribution in [2.45, 2.75) is 44.4 Å². The van der Waals surface area contributed by atoms with Crippen LogP contribution in [0.25, 0.3) is 0 Å². The summed E-state index contributed by atoms with van der Waals surface area (Å²) in [5, 5.41) is 9.27. The van der Waals surface area contributed by atoms with Crippen molar-refractivity contribution < 1.29 is 19.4 Å². The third-order valence-electron chi connectivity index (χ3n) is 6.89. The molecule has 1 aromatic carbocycles. The normalized spacial score (nSPS) is 26.5. The molecule has 5 heteroatoms. The number of benzene rings is 1. The highest BCUT2D eigenvalue weighted by Crippen LogP contribution is 2.59. The van der Waals surface area contributed by atoms with E-state index in [9.17, 15) is 14.7 Å². The molecule has 1 unspecified atom stereocenters. The smallest absolute Gasteiger partial charge is 0.307 e. The minimum atomic E-state index is -0.676. The first-order valence-electron chi connectivity index (χ1n) is 9.64. The van der Waals surface area contributed by atoms with Gasteiger partial charge in [-0.05, 0) is 50.0 Å². The molecule has 1 aliphatic carbocycles. The van der Waals surface area contributed by atoms with Crippen molar-refractivity contribution in [3.8, 4) is 0 Å². The van der Waals surface area contributed by atoms with E-state index in [1.54, 1.807) is 0 Å². The Bertz CT molecular complexity index is 697. The van der Waals surface area contributed by atoms with Gasteiger partial charge in [0.15, 0.2) is 0 Å². The van der Waals surface area contributed by atoms with Crippen LogP contribution in [0.5, 0.6) is 0 Å². The Morgan fingerprint density at radius 2 is 1.69 bits per heavy atom. The van der Waals surface area contributed by atoms with E-state index in [2.05, 4.69) is 31.2 Å². The lowest BCUT2D eigenvalue weighted by Gasteiger charge is -2.42. The summed E-state index contributed by atoms with van der Waals surface area (Å²) in [6, 6.07) is 8.33. The molecule has 2 aliphatic heterocycles. The van der Waals surface area contributed by atoms with Crippen LogP contribution >= 0.6 is 0 Å². The van der Waals surface area contributed by atoms with E-state index in [0.717, 1.165) is 24.8 Å². The van der Waals surface area contributed by atoms with Crippen LogP contribution in [-0.4, -0.2) is 48.2 Å². The van der Waals surface area contributed by atoms with Crippen LogP contribution in [0, 0.1) is 18.3 Å². The molecule has 2 heterocycles. The largest absolute Gasteiger partial charge is 0.481 e. The molecule has 1 aromatic rings. The van der Waals surface area contributed by atoms with Crippen LogP contribution < -0.4 is 0 Å². The van der Waals surface area contributed by atoms with Crippen LogP contribution in [0.2, 0.25) is 0 Å². The van der Waals surface area contributed by atoms with Crippen LogP contribution in [0.15, 0.2) is 24.3 Å². The lowest BCUT2D eigenvalue weighted by molar-refractivity contribution is -0.143. The number of carbonyl (C=O) groups excluding carboxylic acids is 1. The molecule has 1 amide bonds. The monoisotopic (exact) mass is 357 g/mol. The fourth-order valence-corrected chi connectivity index (χ4v) is 4.93. The number of aliphatic carboxylic acids is 1. The Hall–Kier alpha value is -1.88. The zero-order valence-electron chi connectivity index (χ0n) is 15.4. The number of ether oxygens (including phenoxy) is 1. The number of hydrogen-bond acceptors (Lipinski definition) is 3. The zero-order valence-corrected chi connectivity index (χ0v) is 15.4. The molecule has 4 rings (SSSR count). The van der Waals surface area contributed by atoms with Gasteiger partial charge in [-0.25, -0.2) is 0 Å². The fraction of sp³-hybridized carbons (Fsp3) is 0.619. The molecule has 26 heavy (non-hydrogen) atoms. The summed E-state index contributed by atoms with van der Waals surface area (Å²) in [7, 11) is 0. The van der Waals surface area contributed by atoms with Gasteiger partial charge in [-0.3, -0.25) is 9.59 Å². The van der Waals surface area contributed by atoms with Crippen LogP contribution in [-0.2, 0) is 19.7 Å². The lowest BCUT2D eigenvalue weighted by atomic mass is 9.72.